The first kappa shape index (κ1) is 13.5. The van der Waals surface area contributed by atoms with Gasteiger partial charge in [0.2, 0.25) is 5.82 Å². The van der Waals surface area contributed by atoms with Crippen molar-refractivity contribution in [3.8, 4) is 0 Å². The van der Waals surface area contributed by atoms with Crippen molar-refractivity contribution in [1.82, 2.24) is 0 Å². The molecule has 2 aromatic rings. The first-order chi connectivity index (χ1) is 7.77. The lowest BCUT2D eigenvalue weighted by molar-refractivity contribution is 0.275. The zero-order valence-electron chi connectivity index (χ0n) is 8.28. The van der Waals surface area contributed by atoms with Gasteiger partial charge in [-0.05, 0) is 12.1 Å². The van der Waals surface area contributed by atoms with Crippen molar-refractivity contribution in [3.05, 3.63) is 46.6 Å². The Kier molecular flexibility index (Phi) is 4.14. The van der Waals surface area contributed by atoms with Gasteiger partial charge in [0.25, 0.3) is 0 Å². The van der Waals surface area contributed by atoms with Crippen LogP contribution >= 0.6 is 7.82 Å². The van der Waals surface area contributed by atoms with Crippen LogP contribution < -0.4 is 5.63 Å². The Balaban J connectivity index is 0.000000249. The fraction of sp³-hybridized carbons (Fsp3) is 0. The fourth-order valence-corrected chi connectivity index (χ4v) is 1.04. The molecule has 0 saturated heterocycles. The number of hydrogen-bond acceptors (Lipinski definition) is 3. The summed E-state index contributed by atoms with van der Waals surface area (Å²) in [6.07, 6.45) is 0. The standard InChI is InChI=1S/C9H5FO2.H3O4P/c10-7-5-6-3-1-2-4-8(6)12-9(7)11;1-5(2,3)4/h1-5H;(H3,1,2,3,4). The zero-order valence-corrected chi connectivity index (χ0v) is 9.17. The molecule has 1 aromatic heterocycles. The number of rotatable bonds is 0. The van der Waals surface area contributed by atoms with Crippen LogP contribution in [0.25, 0.3) is 11.0 Å². The number of para-hydroxylation sites is 1. The summed E-state index contributed by atoms with van der Waals surface area (Å²) in [7, 11) is -4.64. The molecule has 0 radical (unpaired) electrons. The minimum absolute atomic E-state index is 0.406. The van der Waals surface area contributed by atoms with Gasteiger partial charge in [-0.15, -0.1) is 0 Å². The van der Waals surface area contributed by atoms with Crippen LogP contribution in [0.5, 0.6) is 0 Å². The first-order valence-corrected chi connectivity index (χ1v) is 5.80. The van der Waals surface area contributed by atoms with Crippen molar-refractivity contribution >= 4 is 18.8 Å². The molecule has 0 aliphatic heterocycles. The highest BCUT2D eigenvalue weighted by Crippen LogP contribution is 2.25. The molecule has 2 rings (SSSR count). The SMILES string of the molecule is O=P(O)(O)O.O=c1oc2ccccc2cc1F. The lowest BCUT2D eigenvalue weighted by atomic mass is 10.2. The van der Waals surface area contributed by atoms with E-state index in [2.05, 4.69) is 4.42 Å². The van der Waals surface area contributed by atoms with Crippen LogP contribution in [0.3, 0.4) is 0 Å². The van der Waals surface area contributed by atoms with E-state index in [1.807, 2.05) is 0 Å². The Morgan fingerprint density at radius 1 is 1.18 bits per heavy atom. The van der Waals surface area contributed by atoms with Gasteiger partial charge in [0.1, 0.15) is 5.58 Å². The second-order valence-corrected chi connectivity index (χ2v) is 3.96. The molecule has 3 N–H and O–H groups in total. The summed E-state index contributed by atoms with van der Waals surface area (Å²) < 4.78 is 26.2. The van der Waals surface area contributed by atoms with E-state index in [-0.39, 0.29) is 0 Å². The van der Waals surface area contributed by atoms with E-state index >= 15 is 0 Å². The molecule has 1 heterocycles. The van der Waals surface area contributed by atoms with Crippen LogP contribution in [-0.2, 0) is 4.57 Å². The molecule has 6 nitrogen and oxygen atoms in total. The molecule has 1 aromatic carbocycles. The third-order valence-corrected chi connectivity index (χ3v) is 1.60. The molecule has 0 saturated carbocycles. The van der Waals surface area contributed by atoms with E-state index in [1.165, 1.54) is 6.07 Å². The summed E-state index contributed by atoms with van der Waals surface area (Å²) in [5.74, 6) is -0.853. The van der Waals surface area contributed by atoms with Gasteiger partial charge < -0.3 is 19.1 Å². The van der Waals surface area contributed by atoms with Gasteiger partial charge >= 0.3 is 13.4 Å². The van der Waals surface area contributed by atoms with Crippen molar-refractivity contribution in [3.63, 3.8) is 0 Å². The summed E-state index contributed by atoms with van der Waals surface area (Å²) in [5, 5.41) is 0.592. The minimum Gasteiger partial charge on any atom is -0.421 e. The summed E-state index contributed by atoms with van der Waals surface area (Å²) in [5.41, 5.74) is -0.516. The Hall–Kier alpha value is -1.53. The van der Waals surface area contributed by atoms with Crippen LogP contribution in [0.1, 0.15) is 0 Å². The van der Waals surface area contributed by atoms with Gasteiger partial charge in [0.15, 0.2) is 0 Å². The van der Waals surface area contributed by atoms with Crippen LogP contribution in [0.4, 0.5) is 4.39 Å². The number of fused-ring (bicyclic) bond motifs is 1. The Morgan fingerprint density at radius 3 is 2.29 bits per heavy atom. The topological polar surface area (TPSA) is 108 Å². The molecule has 17 heavy (non-hydrogen) atoms. The average Bonchev–Trinajstić information content (AvgIpc) is 2.17. The van der Waals surface area contributed by atoms with E-state index in [0.29, 0.717) is 11.0 Å². The molecule has 0 unspecified atom stereocenters. The van der Waals surface area contributed by atoms with Gasteiger partial charge in [-0.25, -0.2) is 9.36 Å². The second-order valence-electron chi connectivity index (χ2n) is 2.93. The summed E-state index contributed by atoms with van der Waals surface area (Å²) in [6.45, 7) is 0. The van der Waals surface area contributed by atoms with Gasteiger partial charge in [0, 0.05) is 5.39 Å². The fourth-order valence-electron chi connectivity index (χ4n) is 1.04. The quantitative estimate of drug-likeness (QED) is 0.483. The maximum atomic E-state index is 12.6. The van der Waals surface area contributed by atoms with E-state index in [9.17, 15) is 9.18 Å². The molecule has 8 heteroatoms. The molecular weight excluding hydrogens is 254 g/mol. The molecule has 0 aliphatic rings. The Labute approximate surface area is 94.2 Å². The van der Waals surface area contributed by atoms with E-state index < -0.39 is 19.3 Å². The predicted octanol–water partition coefficient (Wildman–Crippen LogP) is 1.00. The number of benzene rings is 1. The van der Waals surface area contributed by atoms with Crippen LogP contribution in [0.15, 0.2) is 39.5 Å². The molecule has 0 spiro atoms. The van der Waals surface area contributed by atoms with Gasteiger partial charge in [-0.1, -0.05) is 18.2 Å². The van der Waals surface area contributed by atoms with E-state index in [4.69, 9.17) is 19.2 Å². The highest BCUT2D eigenvalue weighted by atomic mass is 31.2. The monoisotopic (exact) mass is 262 g/mol. The third kappa shape index (κ3) is 4.88. The molecular formula is C9H8FO6P. The Morgan fingerprint density at radius 2 is 1.71 bits per heavy atom. The number of halogens is 1. The molecule has 0 aliphatic carbocycles. The number of phosphoric acid groups is 1. The zero-order chi connectivity index (χ0) is 13.1. The van der Waals surface area contributed by atoms with Crippen LogP contribution in [0.2, 0.25) is 0 Å². The van der Waals surface area contributed by atoms with Crippen molar-refractivity contribution < 1.29 is 28.1 Å². The summed E-state index contributed by atoms with van der Waals surface area (Å²) >= 11 is 0. The highest BCUT2D eigenvalue weighted by molar-refractivity contribution is 7.45. The Bertz CT molecular complexity index is 608. The third-order valence-electron chi connectivity index (χ3n) is 1.60. The van der Waals surface area contributed by atoms with Crippen LogP contribution in [0, 0.1) is 5.82 Å². The highest BCUT2D eigenvalue weighted by Gasteiger charge is 2.01. The minimum atomic E-state index is -4.64. The van der Waals surface area contributed by atoms with Crippen molar-refractivity contribution in [1.29, 1.82) is 0 Å². The van der Waals surface area contributed by atoms with Crippen molar-refractivity contribution in [2.75, 3.05) is 0 Å². The van der Waals surface area contributed by atoms with Crippen LogP contribution in [-0.4, -0.2) is 14.7 Å². The second kappa shape index (κ2) is 5.20. The van der Waals surface area contributed by atoms with Gasteiger partial charge in [0.05, 0.1) is 0 Å². The summed E-state index contributed by atoms with van der Waals surface area (Å²) in [6, 6.07) is 7.95. The molecule has 92 valence electrons. The normalized spacial score (nSPS) is 10.8. The molecule has 0 bridgehead atoms. The van der Waals surface area contributed by atoms with Gasteiger partial charge in [-0.2, -0.15) is 4.39 Å². The average molecular weight is 262 g/mol. The van der Waals surface area contributed by atoms with Crippen molar-refractivity contribution in [2.45, 2.75) is 0 Å². The maximum Gasteiger partial charge on any atom is 0.466 e. The number of hydrogen-bond donors (Lipinski definition) is 3. The smallest absolute Gasteiger partial charge is 0.421 e. The van der Waals surface area contributed by atoms with Gasteiger partial charge in [-0.3, -0.25) is 0 Å². The largest absolute Gasteiger partial charge is 0.466 e. The summed E-state index contributed by atoms with van der Waals surface area (Å²) in [4.78, 5) is 32.3. The molecule has 0 amide bonds. The first-order valence-electron chi connectivity index (χ1n) is 4.24. The molecule has 0 atom stereocenters. The van der Waals surface area contributed by atoms with Crippen molar-refractivity contribution in [2.24, 2.45) is 0 Å². The predicted molar refractivity (Wildman–Crippen MR) is 56.7 cm³/mol. The van der Waals surface area contributed by atoms with E-state index in [0.717, 1.165) is 0 Å². The van der Waals surface area contributed by atoms with E-state index in [1.54, 1.807) is 24.3 Å². The lowest BCUT2D eigenvalue weighted by Crippen LogP contribution is -2.02. The maximum absolute atomic E-state index is 12.6. The lowest BCUT2D eigenvalue weighted by Gasteiger charge is -1.93. The molecule has 0 fully saturated rings.